The zero-order valence-corrected chi connectivity index (χ0v) is 11.7. The van der Waals surface area contributed by atoms with Crippen molar-refractivity contribution in [2.45, 2.75) is 19.4 Å². The summed E-state index contributed by atoms with van der Waals surface area (Å²) < 4.78 is 13.9. The molecule has 0 radical (unpaired) electrons. The molecule has 2 N–H and O–H groups in total. The van der Waals surface area contributed by atoms with Crippen LogP contribution in [0, 0.1) is 5.82 Å². The molecule has 1 amide bonds. The van der Waals surface area contributed by atoms with Crippen LogP contribution in [-0.4, -0.2) is 16.1 Å². The minimum absolute atomic E-state index is 0.0780. The van der Waals surface area contributed by atoms with Crippen LogP contribution in [-0.2, 0) is 17.8 Å². The molecule has 6 heteroatoms. The molecule has 2 rings (SSSR count). The van der Waals surface area contributed by atoms with Crippen LogP contribution >= 0.6 is 15.9 Å². The predicted molar refractivity (Wildman–Crippen MR) is 72.9 cm³/mol. The highest BCUT2D eigenvalue weighted by Gasteiger charge is 2.06. The maximum atomic E-state index is 13.1. The summed E-state index contributed by atoms with van der Waals surface area (Å²) in [7, 11) is 0. The van der Waals surface area contributed by atoms with Crippen molar-refractivity contribution in [1.82, 2.24) is 15.5 Å². The molecule has 0 unspecified atom stereocenters. The van der Waals surface area contributed by atoms with E-state index in [2.05, 4.69) is 31.4 Å². The van der Waals surface area contributed by atoms with E-state index in [0.29, 0.717) is 19.4 Å². The fraction of sp³-hybridized carbons (Fsp3) is 0.231. The SMILES string of the molecule is O=C(CCc1cc(F)ccc1Br)NCc1ccn[nH]1. The summed E-state index contributed by atoms with van der Waals surface area (Å²) in [5, 5.41) is 9.32. The first-order valence-corrected chi connectivity index (χ1v) is 6.63. The zero-order valence-electron chi connectivity index (χ0n) is 10.1. The average molecular weight is 326 g/mol. The third kappa shape index (κ3) is 4.17. The van der Waals surface area contributed by atoms with Crippen molar-refractivity contribution < 1.29 is 9.18 Å². The number of aromatic amines is 1. The Morgan fingerprint density at radius 2 is 2.26 bits per heavy atom. The molecule has 1 aromatic heterocycles. The van der Waals surface area contributed by atoms with Crippen LogP contribution in [0.3, 0.4) is 0 Å². The van der Waals surface area contributed by atoms with Crippen molar-refractivity contribution >= 4 is 21.8 Å². The monoisotopic (exact) mass is 325 g/mol. The van der Waals surface area contributed by atoms with E-state index >= 15 is 0 Å². The van der Waals surface area contributed by atoms with Crippen LogP contribution in [0.5, 0.6) is 0 Å². The molecule has 0 spiro atoms. The number of benzene rings is 1. The van der Waals surface area contributed by atoms with E-state index < -0.39 is 0 Å². The van der Waals surface area contributed by atoms with Crippen molar-refractivity contribution in [2.24, 2.45) is 0 Å². The van der Waals surface area contributed by atoms with Crippen LogP contribution in [0.25, 0.3) is 0 Å². The summed E-state index contributed by atoms with van der Waals surface area (Å²) in [6, 6.07) is 6.26. The molecule has 4 nitrogen and oxygen atoms in total. The zero-order chi connectivity index (χ0) is 13.7. The van der Waals surface area contributed by atoms with Gasteiger partial charge in [0.2, 0.25) is 5.91 Å². The fourth-order valence-electron chi connectivity index (χ4n) is 1.65. The summed E-state index contributed by atoms with van der Waals surface area (Å²) in [5.41, 5.74) is 1.64. The van der Waals surface area contributed by atoms with E-state index in [-0.39, 0.29) is 11.7 Å². The van der Waals surface area contributed by atoms with Crippen molar-refractivity contribution in [3.05, 3.63) is 52.0 Å². The van der Waals surface area contributed by atoms with Crippen molar-refractivity contribution in [1.29, 1.82) is 0 Å². The van der Waals surface area contributed by atoms with Gasteiger partial charge >= 0.3 is 0 Å². The molecule has 100 valence electrons. The van der Waals surface area contributed by atoms with Gasteiger partial charge < -0.3 is 5.32 Å². The third-order valence-electron chi connectivity index (χ3n) is 2.66. The summed E-state index contributed by atoms with van der Waals surface area (Å²) in [6.07, 6.45) is 2.44. The van der Waals surface area contributed by atoms with Crippen LogP contribution < -0.4 is 5.32 Å². The Morgan fingerprint density at radius 3 is 3.00 bits per heavy atom. The number of carbonyl (C=O) groups is 1. The lowest BCUT2D eigenvalue weighted by Gasteiger charge is -2.06. The molecule has 2 aromatic rings. The third-order valence-corrected chi connectivity index (χ3v) is 3.44. The molecule has 1 aromatic carbocycles. The smallest absolute Gasteiger partial charge is 0.220 e. The van der Waals surface area contributed by atoms with Crippen molar-refractivity contribution in [2.75, 3.05) is 0 Å². The quantitative estimate of drug-likeness (QED) is 0.887. The molecule has 0 bridgehead atoms. The van der Waals surface area contributed by atoms with Gasteiger partial charge in [-0.2, -0.15) is 5.10 Å². The number of nitrogens with zero attached hydrogens (tertiary/aromatic N) is 1. The normalized spacial score (nSPS) is 10.4. The van der Waals surface area contributed by atoms with E-state index in [4.69, 9.17) is 0 Å². The molecule has 0 aliphatic heterocycles. The summed E-state index contributed by atoms with van der Waals surface area (Å²) in [6.45, 7) is 0.420. The first-order chi connectivity index (χ1) is 9.15. The largest absolute Gasteiger partial charge is 0.350 e. The average Bonchev–Trinajstić information content (AvgIpc) is 2.90. The number of aromatic nitrogens is 2. The number of halogens is 2. The topological polar surface area (TPSA) is 57.8 Å². The number of H-pyrrole nitrogens is 1. The van der Waals surface area contributed by atoms with Gasteiger partial charge in [-0.1, -0.05) is 15.9 Å². The molecule has 0 atom stereocenters. The van der Waals surface area contributed by atoms with E-state index in [9.17, 15) is 9.18 Å². The van der Waals surface area contributed by atoms with E-state index in [1.165, 1.54) is 12.1 Å². The molecule has 1 heterocycles. The Balaban J connectivity index is 1.81. The van der Waals surface area contributed by atoms with Crippen LogP contribution in [0.1, 0.15) is 17.7 Å². The first-order valence-electron chi connectivity index (χ1n) is 5.84. The van der Waals surface area contributed by atoms with Crippen molar-refractivity contribution in [3.8, 4) is 0 Å². The fourth-order valence-corrected chi connectivity index (χ4v) is 2.09. The second-order valence-electron chi connectivity index (χ2n) is 4.09. The van der Waals surface area contributed by atoms with Gasteiger partial charge in [-0.05, 0) is 36.2 Å². The van der Waals surface area contributed by atoms with E-state index in [0.717, 1.165) is 15.7 Å². The van der Waals surface area contributed by atoms with Gasteiger partial charge in [0.1, 0.15) is 5.82 Å². The minimum Gasteiger partial charge on any atom is -0.350 e. The Hall–Kier alpha value is -1.69. The van der Waals surface area contributed by atoms with E-state index in [1.807, 2.05) is 0 Å². The lowest BCUT2D eigenvalue weighted by Crippen LogP contribution is -2.23. The van der Waals surface area contributed by atoms with Gasteiger partial charge in [0.05, 0.1) is 12.2 Å². The standard InChI is InChI=1S/C13H13BrFN3O/c14-12-3-2-10(15)7-9(12)1-4-13(19)16-8-11-5-6-17-18-11/h2-3,5-7H,1,4,8H2,(H,16,19)(H,17,18). The minimum atomic E-state index is -0.295. The molecular formula is C13H13BrFN3O. The van der Waals surface area contributed by atoms with Gasteiger partial charge in [0.25, 0.3) is 0 Å². The molecular weight excluding hydrogens is 313 g/mol. The number of rotatable bonds is 5. The van der Waals surface area contributed by atoms with Gasteiger partial charge in [0.15, 0.2) is 0 Å². The molecule has 0 fully saturated rings. The number of carbonyl (C=O) groups excluding carboxylic acids is 1. The number of hydrogen-bond donors (Lipinski definition) is 2. The van der Waals surface area contributed by atoms with Crippen LogP contribution in [0.2, 0.25) is 0 Å². The molecule has 0 aliphatic rings. The molecule has 19 heavy (non-hydrogen) atoms. The maximum absolute atomic E-state index is 13.1. The number of hydrogen-bond acceptors (Lipinski definition) is 2. The maximum Gasteiger partial charge on any atom is 0.220 e. The molecule has 0 aliphatic carbocycles. The Morgan fingerprint density at radius 1 is 1.42 bits per heavy atom. The second-order valence-corrected chi connectivity index (χ2v) is 4.95. The van der Waals surface area contributed by atoms with Gasteiger partial charge in [0, 0.05) is 17.1 Å². The van der Waals surface area contributed by atoms with Gasteiger partial charge in [-0.25, -0.2) is 4.39 Å². The summed E-state index contributed by atoms with van der Waals surface area (Å²) in [4.78, 5) is 11.7. The number of aryl methyl sites for hydroxylation is 1. The van der Waals surface area contributed by atoms with Gasteiger partial charge in [-0.3, -0.25) is 9.89 Å². The van der Waals surface area contributed by atoms with Crippen molar-refractivity contribution in [3.63, 3.8) is 0 Å². The lowest BCUT2D eigenvalue weighted by atomic mass is 10.1. The first kappa shape index (κ1) is 13.7. The number of nitrogens with one attached hydrogen (secondary N) is 2. The highest BCUT2D eigenvalue weighted by molar-refractivity contribution is 9.10. The predicted octanol–water partition coefficient (Wildman–Crippen LogP) is 2.56. The number of amides is 1. The van der Waals surface area contributed by atoms with Crippen LogP contribution in [0.15, 0.2) is 34.9 Å². The summed E-state index contributed by atoms with van der Waals surface area (Å²) >= 11 is 3.34. The second kappa shape index (κ2) is 6.47. The molecule has 0 saturated carbocycles. The Bertz CT molecular complexity index is 557. The Labute approximate surface area is 118 Å². The van der Waals surface area contributed by atoms with Crippen LogP contribution in [0.4, 0.5) is 4.39 Å². The summed E-state index contributed by atoms with van der Waals surface area (Å²) in [5.74, 6) is -0.373. The van der Waals surface area contributed by atoms with Gasteiger partial charge in [-0.15, -0.1) is 0 Å². The Kier molecular flexibility index (Phi) is 4.68. The van der Waals surface area contributed by atoms with E-state index in [1.54, 1.807) is 18.3 Å². The highest BCUT2D eigenvalue weighted by Crippen LogP contribution is 2.19. The molecule has 0 saturated heterocycles. The highest BCUT2D eigenvalue weighted by atomic mass is 79.9. The lowest BCUT2D eigenvalue weighted by molar-refractivity contribution is -0.121.